The first-order valence-electron chi connectivity index (χ1n) is 6.98. The number of carbonyl (C=O) groups excluding carboxylic acids is 1. The summed E-state index contributed by atoms with van der Waals surface area (Å²) >= 11 is 0. The molecule has 0 aliphatic heterocycles. The number of hydrogen-bond donors (Lipinski definition) is 1. The number of benzene rings is 1. The Morgan fingerprint density at radius 2 is 1.89 bits per heavy atom. The van der Waals surface area contributed by atoms with E-state index in [4.69, 9.17) is 4.74 Å². The van der Waals surface area contributed by atoms with E-state index in [2.05, 4.69) is 19.2 Å². The van der Waals surface area contributed by atoms with E-state index in [1.165, 1.54) is 0 Å². The van der Waals surface area contributed by atoms with Gasteiger partial charge in [-0.25, -0.2) is 0 Å². The quantitative estimate of drug-likeness (QED) is 0.855. The van der Waals surface area contributed by atoms with Crippen LogP contribution in [0, 0.1) is 12.8 Å². The van der Waals surface area contributed by atoms with Crippen molar-refractivity contribution in [3.8, 4) is 5.75 Å². The molecular weight excluding hydrogens is 238 g/mol. The van der Waals surface area contributed by atoms with Crippen molar-refractivity contribution >= 4 is 5.91 Å². The van der Waals surface area contributed by atoms with E-state index >= 15 is 0 Å². The second kappa shape index (κ2) is 7.17. The van der Waals surface area contributed by atoms with Crippen molar-refractivity contribution in [2.75, 3.05) is 0 Å². The Morgan fingerprint density at radius 3 is 2.42 bits per heavy atom. The van der Waals surface area contributed by atoms with Gasteiger partial charge in [0.1, 0.15) is 5.75 Å². The fraction of sp³-hybridized carbons (Fsp3) is 0.562. The fourth-order valence-corrected chi connectivity index (χ4v) is 1.65. The van der Waals surface area contributed by atoms with Crippen molar-refractivity contribution in [2.45, 2.75) is 53.2 Å². The summed E-state index contributed by atoms with van der Waals surface area (Å²) in [6, 6.07) is 7.92. The summed E-state index contributed by atoms with van der Waals surface area (Å²) in [5.41, 5.74) is 1.05. The number of hydrogen-bond acceptors (Lipinski definition) is 2. The monoisotopic (exact) mass is 263 g/mol. The summed E-state index contributed by atoms with van der Waals surface area (Å²) in [6.07, 6.45) is 0.229. The van der Waals surface area contributed by atoms with Crippen LogP contribution in [0.1, 0.15) is 39.7 Å². The topological polar surface area (TPSA) is 38.3 Å². The average molecular weight is 263 g/mol. The van der Waals surface area contributed by atoms with Crippen LogP contribution in [0.2, 0.25) is 0 Å². The van der Waals surface area contributed by atoms with Crippen molar-refractivity contribution in [3.05, 3.63) is 29.8 Å². The minimum absolute atomic E-state index is 0.0352. The summed E-state index contributed by atoms with van der Waals surface area (Å²) in [6.45, 7) is 10.1. The van der Waals surface area contributed by atoms with Crippen LogP contribution in [0.25, 0.3) is 0 Å². The van der Waals surface area contributed by atoms with E-state index in [0.717, 1.165) is 11.3 Å². The van der Waals surface area contributed by atoms with Crippen molar-refractivity contribution < 1.29 is 9.53 Å². The molecule has 3 heteroatoms. The van der Waals surface area contributed by atoms with Crippen molar-refractivity contribution in [1.29, 1.82) is 0 Å². The molecular formula is C16H25NO2. The lowest BCUT2D eigenvalue weighted by atomic mass is 10.1. The van der Waals surface area contributed by atoms with E-state index in [9.17, 15) is 4.79 Å². The van der Waals surface area contributed by atoms with Gasteiger partial charge in [0.25, 0.3) is 5.91 Å². The van der Waals surface area contributed by atoms with Crippen LogP contribution in [-0.2, 0) is 4.79 Å². The van der Waals surface area contributed by atoms with Gasteiger partial charge in [-0.05, 0) is 37.8 Å². The third-order valence-corrected chi connectivity index (χ3v) is 3.40. The minimum Gasteiger partial charge on any atom is -0.480 e. The highest BCUT2D eigenvalue weighted by Gasteiger charge is 2.21. The molecule has 0 fully saturated rings. The molecule has 0 aliphatic rings. The molecule has 0 spiro atoms. The Hall–Kier alpha value is -1.51. The lowest BCUT2D eigenvalue weighted by Crippen LogP contribution is -2.44. The Balaban J connectivity index is 2.68. The molecule has 1 amide bonds. The van der Waals surface area contributed by atoms with Crippen LogP contribution >= 0.6 is 0 Å². The van der Waals surface area contributed by atoms with Crippen molar-refractivity contribution in [2.24, 2.45) is 5.92 Å². The van der Waals surface area contributed by atoms with Gasteiger partial charge in [-0.1, -0.05) is 39.0 Å². The molecule has 0 aliphatic carbocycles. The van der Waals surface area contributed by atoms with Gasteiger partial charge in [-0.2, -0.15) is 0 Å². The van der Waals surface area contributed by atoms with E-state index in [-0.39, 0.29) is 11.9 Å². The van der Waals surface area contributed by atoms with Gasteiger partial charge in [0, 0.05) is 6.04 Å². The lowest BCUT2D eigenvalue weighted by molar-refractivity contribution is -0.129. The molecule has 0 aromatic heterocycles. The zero-order valence-electron chi connectivity index (χ0n) is 12.6. The molecule has 0 bridgehead atoms. The molecule has 106 valence electrons. The first-order valence-corrected chi connectivity index (χ1v) is 6.98. The predicted octanol–water partition coefficient (Wildman–Crippen LogP) is 3.31. The smallest absolute Gasteiger partial charge is 0.261 e. The molecule has 0 saturated carbocycles. The molecule has 19 heavy (non-hydrogen) atoms. The Morgan fingerprint density at radius 1 is 1.26 bits per heavy atom. The highest BCUT2D eigenvalue weighted by Crippen LogP contribution is 2.19. The van der Waals surface area contributed by atoms with Crippen LogP contribution in [-0.4, -0.2) is 18.1 Å². The summed E-state index contributed by atoms with van der Waals surface area (Å²) in [4.78, 5) is 12.2. The molecule has 1 rings (SSSR count). The normalized spacial score (nSPS) is 14.0. The number of nitrogens with one attached hydrogen (secondary N) is 1. The molecule has 1 aromatic rings. The van der Waals surface area contributed by atoms with E-state index < -0.39 is 6.10 Å². The molecule has 1 N–H and O–H groups in total. The van der Waals surface area contributed by atoms with Crippen LogP contribution < -0.4 is 10.1 Å². The minimum atomic E-state index is -0.428. The summed E-state index contributed by atoms with van der Waals surface area (Å²) in [5, 5.41) is 3.01. The summed E-state index contributed by atoms with van der Waals surface area (Å²) in [5.74, 6) is 1.16. The number of para-hydroxylation sites is 1. The van der Waals surface area contributed by atoms with Crippen LogP contribution in [0.15, 0.2) is 24.3 Å². The molecule has 1 aromatic carbocycles. The van der Waals surface area contributed by atoms with E-state index in [0.29, 0.717) is 12.3 Å². The van der Waals surface area contributed by atoms with E-state index in [1.54, 1.807) is 0 Å². The first kappa shape index (κ1) is 15.5. The maximum absolute atomic E-state index is 12.2. The van der Waals surface area contributed by atoms with E-state index in [1.807, 2.05) is 45.0 Å². The second-order valence-electron chi connectivity index (χ2n) is 5.32. The Labute approximate surface area is 116 Å². The average Bonchev–Trinajstić information content (AvgIpc) is 2.37. The Kier molecular flexibility index (Phi) is 5.87. The van der Waals surface area contributed by atoms with Crippen molar-refractivity contribution in [1.82, 2.24) is 5.32 Å². The molecule has 0 radical (unpaired) electrons. The number of amides is 1. The second-order valence-corrected chi connectivity index (χ2v) is 5.32. The Bertz CT molecular complexity index is 415. The summed E-state index contributed by atoms with van der Waals surface area (Å²) < 4.78 is 5.82. The van der Waals surface area contributed by atoms with Crippen molar-refractivity contribution in [3.63, 3.8) is 0 Å². The highest BCUT2D eigenvalue weighted by molar-refractivity contribution is 5.81. The zero-order valence-corrected chi connectivity index (χ0v) is 12.6. The van der Waals surface area contributed by atoms with Gasteiger partial charge >= 0.3 is 0 Å². The van der Waals surface area contributed by atoms with Gasteiger partial charge in [0.2, 0.25) is 0 Å². The maximum atomic E-state index is 12.2. The number of rotatable bonds is 6. The third kappa shape index (κ3) is 4.58. The molecule has 2 atom stereocenters. The standard InChI is InChI=1S/C16H25NO2/c1-6-14(16(18)17-13(5)11(2)3)19-15-10-8-7-9-12(15)4/h7-11,13-14H,6H2,1-5H3,(H,17,18)/t13-,14+/m0/s1. The van der Waals surface area contributed by atoms with Gasteiger partial charge in [-0.3, -0.25) is 4.79 Å². The number of carbonyl (C=O) groups is 1. The van der Waals surface area contributed by atoms with Crippen LogP contribution in [0.5, 0.6) is 5.75 Å². The fourth-order valence-electron chi connectivity index (χ4n) is 1.65. The van der Waals surface area contributed by atoms with Gasteiger partial charge in [0.15, 0.2) is 6.10 Å². The van der Waals surface area contributed by atoms with Gasteiger partial charge in [-0.15, -0.1) is 0 Å². The zero-order chi connectivity index (χ0) is 14.4. The maximum Gasteiger partial charge on any atom is 0.261 e. The molecule has 0 saturated heterocycles. The predicted molar refractivity (Wildman–Crippen MR) is 78.3 cm³/mol. The largest absolute Gasteiger partial charge is 0.480 e. The molecule has 0 unspecified atom stereocenters. The number of aryl methyl sites for hydroxylation is 1. The van der Waals surface area contributed by atoms with Crippen LogP contribution in [0.3, 0.4) is 0 Å². The third-order valence-electron chi connectivity index (χ3n) is 3.40. The lowest BCUT2D eigenvalue weighted by Gasteiger charge is -2.23. The molecule has 0 heterocycles. The van der Waals surface area contributed by atoms with Gasteiger partial charge < -0.3 is 10.1 Å². The molecule has 3 nitrogen and oxygen atoms in total. The SMILES string of the molecule is CC[C@@H](Oc1ccccc1C)C(=O)N[C@@H](C)C(C)C. The van der Waals surface area contributed by atoms with Crippen LogP contribution in [0.4, 0.5) is 0 Å². The van der Waals surface area contributed by atoms with Gasteiger partial charge in [0.05, 0.1) is 0 Å². The summed E-state index contributed by atoms with van der Waals surface area (Å²) in [7, 11) is 0. The number of ether oxygens (including phenoxy) is 1. The first-order chi connectivity index (χ1) is 8.95. The highest BCUT2D eigenvalue weighted by atomic mass is 16.5.